The van der Waals surface area contributed by atoms with E-state index in [1.807, 2.05) is 0 Å². The van der Waals surface area contributed by atoms with E-state index in [4.69, 9.17) is 4.74 Å². The smallest absolute Gasteiger partial charge is 0.102 e. The highest BCUT2D eigenvalue weighted by atomic mass is 16.5. The van der Waals surface area contributed by atoms with E-state index in [9.17, 15) is 0 Å². The Balaban J connectivity index is 1.65. The molecule has 0 amide bonds. The van der Waals surface area contributed by atoms with Gasteiger partial charge in [-0.25, -0.2) is 0 Å². The van der Waals surface area contributed by atoms with Crippen molar-refractivity contribution in [1.82, 2.24) is 5.32 Å². The molecular formula is C19H21NO. The average Bonchev–Trinajstić information content (AvgIpc) is 3.41. The molecule has 2 heteroatoms. The van der Waals surface area contributed by atoms with Gasteiger partial charge >= 0.3 is 0 Å². The summed E-state index contributed by atoms with van der Waals surface area (Å²) in [6.07, 6.45) is 3.12. The van der Waals surface area contributed by atoms with Crippen molar-refractivity contribution in [2.24, 2.45) is 5.92 Å². The molecule has 2 aliphatic rings. The van der Waals surface area contributed by atoms with Gasteiger partial charge in [-0.15, -0.1) is 0 Å². The van der Waals surface area contributed by atoms with Gasteiger partial charge in [0.25, 0.3) is 0 Å². The van der Waals surface area contributed by atoms with Crippen LogP contribution in [0.2, 0.25) is 0 Å². The molecule has 0 spiro atoms. The fraction of sp³-hybridized carbons (Fsp3) is 0.368. The standard InChI is InChI=1S/C19H21NO/c1-3-7-15(8-4-1)18-19(16-9-5-2-6-10-16)21-17(13-20-18)14-11-12-14/h1-10,14,17-20H,11-13H2. The molecule has 3 unspecified atom stereocenters. The van der Waals surface area contributed by atoms with Crippen molar-refractivity contribution in [2.75, 3.05) is 6.54 Å². The average molecular weight is 279 g/mol. The fourth-order valence-electron chi connectivity index (χ4n) is 3.28. The maximum atomic E-state index is 6.50. The summed E-state index contributed by atoms with van der Waals surface area (Å²) in [6, 6.07) is 21.5. The van der Waals surface area contributed by atoms with Gasteiger partial charge < -0.3 is 10.1 Å². The SMILES string of the molecule is c1ccc(C2NCC(C3CC3)OC2c2ccccc2)cc1. The normalized spacial score (nSPS) is 29.2. The summed E-state index contributed by atoms with van der Waals surface area (Å²) < 4.78 is 6.50. The molecule has 2 aromatic carbocycles. The van der Waals surface area contributed by atoms with E-state index in [2.05, 4.69) is 66.0 Å². The Labute approximate surface area is 126 Å². The van der Waals surface area contributed by atoms with Gasteiger partial charge in [-0.1, -0.05) is 60.7 Å². The van der Waals surface area contributed by atoms with Crippen molar-refractivity contribution in [3.63, 3.8) is 0 Å². The van der Waals surface area contributed by atoms with Gasteiger partial charge in [0, 0.05) is 6.54 Å². The van der Waals surface area contributed by atoms with Gasteiger partial charge in [0.05, 0.1) is 12.1 Å². The molecule has 1 N–H and O–H groups in total. The van der Waals surface area contributed by atoms with E-state index in [1.54, 1.807) is 0 Å². The minimum atomic E-state index is 0.105. The van der Waals surface area contributed by atoms with E-state index in [-0.39, 0.29) is 12.1 Å². The highest BCUT2D eigenvalue weighted by Gasteiger charge is 2.40. The zero-order valence-electron chi connectivity index (χ0n) is 12.1. The Morgan fingerprint density at radius 3 is 2.05 bits per heavy atom. The van der Waals surface area contributed by atoms with Crippen molar-refractivity contribution in [2.45, 2.75) is 31.1 Å². The van der Waals surface area contributed by atoms with Crippen molar-refractivity contribution in [1.29, 1.82) is 0 Å². The van der Waals surface area contributed by atoms with E-state index in [0.717, 1.165) is 12.5 Å². The van der Waals surface area contributed by atoms with Crippen LogP contribution < -0.4 is 5.32 Å². The van der Waals surface area contributed by atoms with Crippen LogP contribution in [0, 0.1) is 5.92 Å². The predicted molar refractivity (Wildman–Crippen MR) is 84.0 cm³/mol. The van der Waals surface area contributed by atoms with E-state index in [0.29, 0.717) is 6.10 Å². The summed E-state index contributed by atoms with van der Waals surface area (Å²) in [5.74, 6) is 0.764. The Bertz CT molecular complexity index is 579. The Morgan fingerprint density at radius 1 is 0.810 bits per heavy atom. The molecule has 108 valence electrons. The molecule has 1 aliphatic carbocycles. The van der Waals surface area contributed by atoms with Crippen LogP contribution in [0.25, 0.3) is 0 Å². The number of hydrogen-bond donors (Lipinski definition) is 1. The maximum absolute atomic E-state index is 6.50. The van der Waals surface area contributed by atoms with Crippen molar-refractivity contribution < 1.29 is 4.74 Å². The minimum Gasteiger partial charge on any atom is -0.367 e. The van der Waals surface area contributed by atoms with Gasteiger partial charge in [0.1, 0.15) is 6.10 Å². The molecular weight excluding hydrogens is 258 g/mol. The number of morpholine rings is 1. The molecule has 0 bridgehead atoms. The van der Waals surface area contributed by atoms with Crippen LogP contribution in [0.15, 0.2) is 60.7 Å². The topological polar surface area (TPSA) is 21.3 Å². The van der Waals surface area contributed by atoms with Crippen LogP contribution in [0.3, 0.4) is 0 Å². The number of ether oxygens (including phenoxy) is 1. The van der Waals surface area contributed by atoms with Crippen molar-refractivity contribution >= 4 is 0 Å². The molecule has 0 aromatic heterocycles. The molecule has 2 aromatic rings. The minimum absolute atomic E-state index is 0.105. The molecule has 1 heterocycles. The molecule has 1 aliphatic heterocycles. The molecule has 21 heavy (non-hydrogen) atoms. The predicted octanol–water partition coefficient (Wildman–Crippen LogP) is 3.87. The third-order valence-corrected chi connectivity index (χ3v) is 4.60. The lowest BCUT2D eigenvalue weighted by Gasteiger charge is -2.38. The molecule has 1 saturated heterocycles. The van der Waals surface area contributed by atoms with E-state index >= 15 is 0 Å². The summed E-state index contributed by atoms with van der Waals surface area (Å²) in [6.45, 7) is 0.966. The van der Waals surface area contributed by atoms with Gasteiger partial charge in [-0.3, -0.25) is 0 Å². The zero-order valence-corrected chi connectivity index (χ0v) is 12.1. The lowest BCUT2D eigenvalue weighted by molar-refractivity contribution is -0.0757. The highest BCUT2D eigenvalue weighted by molar-refractivity contribution is 5.27. The molecule has 1 saturated carbocycles. The first-order valence-corrected chi connectivity index (χ1v) is 7.90. The van der Waals surface area contributed by atoms with Crippen molar-refractivity contribution in [3.05, 3.63) is 71.8 Å². The summed E-state index contributed by atoms with van der Waals surface area (Å²) in [4.78, 5) is 0. The molecule has 2 fully saturated rings. The summed E-state index contributed by atoms with van der Waals surface area (Å²) in [5.41, 5.74) is 2.57. The van der Waals surface area contributed by atoms with E-state index < -0.39 is 0 Å². The van der Waals surface area contributed by atoms with Crippen LogP contribution in [0.4, 0.5) is 0 Å². The molecule has 3 atom stereocenters. The van der Waals surface area contributed by atoms with Crippen molar-refractivity contribution in [3.8, 4) is 0 Å². The number of benzene rings is 2. The quantitative estimate of drug-likeness (QED) is 0.921. The van der Waals surface area contributed by atoms with Gasteiger partial charge in [0.15, 0.2) is 0 Å². The van der Waals surface area contributed by atoms with Crippen LogP contribution in [0.5, 0.6) is 0 Å². The second-order valence-electron chi connectivity index (χ2n) is 6.14. The Morgan fingerprint density at radius 2 is 1.43 bits per heavy atom. The Kier molecular flexibility index (Phi) is 3.50. The third-order valence-electron chi connectivity index (χ3n) is 4.60. The number of hydrogen-bond acceptors (Lipinski definition) is 2. The van der Waals surface area contributed by atoms with Crippen LogP contribution in [-0.4, -0.2) is 12.6 Å². The van der Waals surface area contributed by atoms with E-state index in [1.165, 1.54) is 24.0 Å². The van der Waals surface area contributed by atoms with Crippen LogP contribution >= 0.6 is 0 Å². The lowest BCUT2D eigenvalue weighted by atomic mass is 9.93. The van der Waals surface area contributed by atoms with Gasteiger partial charge in [-0.05, 0) is 29.9 Å². The Hall–Kier alpha value is -1.64. The number of nitrogens with one attached hydrogen (secondary N) is 1. The van der Waals surface area contributed by atoms with Gasteiger partial charge in [-0.2, -0.15) is 0 Å². The molecule has 2 nitrogen and oxygen atoms in total. The third kappa shape index (κ3) is 2.74. The number of rotatable bonds is 3. The molecule has 0 radical (unpaired) electrons. The first-order valence-electron chi connectivity index (χ1n) is 7.90. The lowest BCUT2D eigenvalue weighted by Crippen LogP contribution is -2.44. The first kappa shape index (κ1) is 13.1. The summed E-state index contributed by atoms with van der Waals surface area (Å²) in [5, 5.41) is 3.73. The van der Waals surface area contributed by atoms with Crippen LogP contribution in [0.1, 0.15) is 36.1 Å². The van der Waals surface area contributed by atoms with Crippen LogP contribution in [-0.2, 0) is 4.74 Å². The monoisotopic (exact) mass is 279 g/mol. The maximum Gasteiger partial charge on any atom is 0.102 e. The fourth-order valence-corrected chi connectivity index (χ4v) is 3.28. The summed E-state index contributed by atoms with van der Waals surface area (Å²) >= 11 is 0. The first-order chi connectivity index (χ1) is 10.4. The second kappa shape index (κ2) is 5.63. The summed E-state index contributed by atoms with van der Waals surface area (Å²) in [7, 11) is 0. The zero-order chi connectivity index (χ0) is 14.1. The highest BCUT2D eigenvalue weighted by Crippen LogP contribution is 2.42. The molecule has 4 rings (SSSR count). The van der Waals surface area contributed by atoms with Gasteiger partial charge in [0.2, 0.25) is 0 Å². The second-order valence-corrected chi connectivity index (χ2v) is 6.14. The largest absolute Gasteiger partial charge is 0.367 e.